The Kier molecular flexibility index (Phi) is 4.63. The largest absolute Gasteiger partial charge is 0.289 e. The Labute approximate surface area is 145 Å². The molecule has 0 saturated heterocycles. The number of nitrogens with two attached hydrogens (primary N) is 1. The van der Waals surface area contributed by atoms with Crippen LogP contribution in [0.1, 0.15) is 11.4 Å². The van der Waals surface area contributed by atoms with Gasteiger partial charge >= 0.3 is 0 Å². The molecule has 0 atom stereocenters. The lowest BCUT2D eigenvalue weighted by atomic mass is 10.1. The molecule has 0 aliphatic heterocycles. The number of alkyl halides is 2. The summed E-state index contributed by atoms with van der Waals surface area (Å²) in [6.45, 7) is 0. The molecule has 0 radical (unpaired) electrons. The lowest BCUT2D eigenvalue weighted by molar-refractivity contribution is 0.151. The van der Waals surface area contributed by atoms with Gasteiger partial charge in [0.1, 0.15) is 5.82 Å². The quantitative estimate of drug-likeness (QED) is 0.733. The van der Waals surface area contributed by atoms with Gasteiger partial charge in [0.05, 0.1) is 15.5 Å². The number of benzene rings is 2. The Balaban J connectivity index is 2.13. The Morgan fingerprint density at radius 2 is 1.52 bits per heavy atom. The van der Waals surface area contributed by atoms with E-state index in [4.69, 9.17) is 5.14 Å². The van der Waals surface area contributed by atoms with Crippen LogP contribution in [0.5, 0.6) is 0 Å². The minimum atomic E-state index is -3.85. The lowest BCUT2D eigenvalue weighted by Gasteiger charge is -2.04. The highest BCUT2D eigenvalue weighted by Crippen LogP contribution is 2.40. The van der Waals surface area contributed by atoms with Crippen LogP contribution in [-0.2, 0) is 10.0 Å². The molecule has 0 spiro atoms. The van der Waals surface area contributed by atoms with Crippen LogP contribution in [0.2, 0.25) is 0 Å². The average Bonchev–Trinajstić information content (AvgIpc) is 3.00. The first-order chi connectivity index (χ1) is 11.8. The second-order valence-electron chi connectivity index (χ2n) is 5.11. The van der Waals surface area contributed by atoms with E-state index in [9.17, 15) is 21.6 Å². The molecule has 0 amide bonds. The van der Waals surface area contributed by atoms with Crippen molar-refractivity contribution in [1.82, 2.24) is 4.98 Å². The van der Waals surface area contributed by atoms with Gasteiger partial charge in [-0.25, -0.2) is 31.7 Å². The summed E-state index contributed by atoms with van der Waals surface area (Å²) in [6, 6.07) is 10.8. The van der Waals surface area contributed by atoms with Gasteiger partial charge in [-0.2, -0.15) is 0 Å². The summed E-state index contributed by atoms with van der Waals surface area (Å²) in [5, 5.41) is 4.68. The van der Waals surface area contributed by atoms with E-state index >= 15 is 0 Å². The zero-order chi connectivity index (χ0) is 18.2. The fourth-order valence-electron chi connectivity index (χ4n) is 2.23. The molecule has 3 aromatic rings. The molecule has 1 heterocycles. The molecule has 0 saturated carbocycles. The van der Waals surface area contributed by atoms with Gasteiger partial charge in [-0.15, -0.1) is 11.3 Å². The zero-order valence-electron chi connectivity index (χ0n) is 12.5. The van der Waals surface area contributed by atoms with Crippen molar-refractivity contribution < 1.29 is 21.6 Å². The van der Waals surface area contributed by atoms with E-state index in [-0.39, 0.29) is 15.6 Å². The summed E-state index contributed by atoms with van der Waals surface area (Å²) in [4.78, 5) is 4.31. The number of nitrogens with zero attached hydrogens (tertiary/aromatic N) is 1. The van der Waals surface area contributed by atoms with Crippen LogP contribution >= 0.6 is 11.3 Å². The molecular formula is C16H11F3N2O2S2. The van der Waals surface area contributed by atoms with Crippen molar-refractivity contribution in [2.45, 2.75) is 11.3 Å². The Hall–Kier alpha value is -2.23. The number of sulfonamides is 1. The van der Waals surface area contributed by atoms with Crippen molar-refractivity contribution in [3.63, 3.8) is 0 Å². The predicted molar refractivity (Wildman–Crippen MR) is 89.3 cm³/mol. The minimum absolute atomic E-state index is 0.0850. The van der Waals surface area contributed by atoms with E-state index < -0.39 is 22.3 Å². The maximum absolute atomic E-state index is 13.1. The molecule has 2 aromatic carbocycles. The average molecular weight is 384 g/mol. The van der Waals surface area contributed by atoms with E-state index in [1.54, 1.807) is 0 Å². The molecule has 0 fully saturated rings. The van der Waals surface area contributed by atoms with Crippen molar-refractivity contribution in [3.8, 4) is 21.7 Å². The van der Waals surface area contributed by atoms with E-state index in [1.807, 2.05) is 0 Å². The third-order valence-corrected chi connectivity index (χ3v) is 5.43. The topological polar surface area (TPSA) is 73.1 Å². The molecule has 0 aliphatic carbocycles. The van der Waals surface area contributed by atoms with Crippen molar-refractivity contribution in [2.24, 2.45) is 5.14 Å². The molecular weight excluding hydrogens is 373 g/mol. The summed E-state index contributed by atoms with van der Waals surface area (Å²) < 4.78 is 61.9. The molecule has 4 nitrogen and oxygen atoms in total. The highest BCUT2D eigenvalue weighted by atomic mass is 32.2. The van der Waals surface area contributed by atoms with Crippen LogP contribution in [-0.4, -0.2) is 13.4 Å². The molecule has 2 N–H and O–H groups in total. The minimum Gasteiger partial charge on any atom is -0.234 e. The van der Waals surface area contributed by atoms with Gasteiger partial charge in [0.15, 0.2) is 5.01 Å². The number of rotatable bonds is 4. The molecule has 0 aliphatic rings. The lowest BCUT2D eigenvalue weighted by Crippen LogP contribution is -2.11. The third-order valence-electron chi connectivity index (χ3n) is 3.39. The summed E-state index contributed by atoms with van der Waals surface area (Å²) >= 11 is 0.798. The van der Waals surface area contributed by atoms with Crippen LogP contribution in [0.15, 0.2) is 53.4 Å². The number of aromatic nitrogens is 1. The normalized spacial score (nSPS) is 11.9. The van der Waals surface area contributed by atoms with Gasteiger partial charge < -0.3 is 0 Å². The van der Waals surface area contributed by atoms with Crippen LogP contribution in [0.25, 0.3) is 21.7 Å². The molecule has 0 bridgehead atoms. The van der Waals surface area contributed by atoms with Crippen molar-refractivity contribution in [2.75, 3.05) is 0 Å². The molecule has 1 aromatic heterocycles. The molecule has 3 rings (SSSR count). The standard InChI is InChI=1S/C16H11F3N2O2S2/c17-11-5-1-9(2-6-11)13-14(24-16(21-13)15(18)19)10-3-7-12(8-4-10)25(20,22)23/h1-8,15H,(H2,20,22,23). The Morgan fingerprint density at radius 3 is 2.04 bits per heavy atom. The third kappa shape index (κ3) is 3.73. The van der Waals surface area contributed by atoms with E-state index in [0.717, 1.165) is 11.3 Å². The number of primary sulfonamides is 1. The van der Waals surface area contributed by atoms with Gasteiger partial charge in [0.2, 0.25) is 10.0 Å². The van der Waals surface area contributed by atoms with Crippen molar-refractivity contribution in [1.29, 1.82) is 0 Å². The molecule has 25 heavy (non-hydrogen) atoms. The monoisotopic (exact) mass is 384 g/mol. The van der Waals surface area contributed by atoms with Gasteiger partial charge in [0.25, 0.3) is 6.43 Å². The Morgan fingerprint density at radius 1 is 0.960 bits per heavy atom. The van der Waals surface area contributed by atoms with E-state index in [0.29, 0.717) is 16.0 Å². The van der Waals surface area contributed by atoms with E-state index in [2.05, 4.69) is 4.98 Å². The number of thiazole rings is 1. The van der Waals surface area contributed by atoms with Gasteiger partial charge in [-0.05, 0) is 42.0 Å². The van der Waals surface area contributed by atoms with Crippen molar-refractivity contribution >= 4 is 21.4 Å². The number of hydrogen-bond acceptors (Lipinski definition) is 4. The maximum atomic E-state index is 13.1. The van der Waals surface area contributed by atoms with Gasteiger partial charge in [-0.1, -0.05) is 12.1 Å². The molecule has 9 heteroatoms. The van der Waals surface area contributed by atoms with Crippen LogP contribution in [0, 0.1) is 5.82 Å². The fourth-order valence-corrected chi connectivity index (χ4v) is 3.69. The fraction of sp³-hybridized carbons (Fsp3) is 0.0625. The Bertz CT molecular complexity index is 999. The van der Waals surface area contributed by atoms with Crippen LogP contribution in [0.4, 0.5) is 13.2 Å². The van der Waals surface area contributed by atoms with E-state index in [1.165, 1.54) is 48.5 Å². The SMILES string of the molecule is NS(=O)(=O)c1ccc(-c2sc(C(F)F)nc2-c2ccc(F)cc2)cc1. The summed E-state index contributed by atoms with van der Waals surface area (Å²) in [7, 11) is -3.85. The summed E-state index contributed by atoms with van der Waals surface area (Å²) in [5.41, 5.74) is 1.27. The predicted octanol–water partition coefficient (Wildman–Crippen LogP) is 4.20. The van der Waals surface area contributed by atoms with Gasteiger partial charge in [0, 0.05) is 5.56 Å². The number of halogens is 3. The smallest absolute Gasteiger partial charge is 0.234 e. The molecule has 130 valence electrons. The van der Waals surface area contributed by atoms with Crippen LogP contribution < -0.4 is 5.14 Å². The number of hydrogen-bond donors (Lipinski definition) is 1. The first-order valence-electron chi connectivity index (χ1n) is 6.94. The highest BCUT2D eigenvalue weighted by molar-refractivity contribution is 7.89. The second kappa shape index (κ2) is 6.58. The highest BCUT2D eigenvalue weighted by Gasteiger charge is 2.20. The van der Waals surface area contributed by atoms with Gasteiger partial charge in [-0.3, -0.25) is 0 Å². The van der Waals surface area contributed by atoms with Crippen molar-refractivity contribution in [3.05, 3.63) is 59.4 Å². The molecule has 0 unspecified atom stereocenters. The second-order valence-corrected chi connectivity index (χ2v) is 7.70. The first kappa shape index (κ1) is 17.6. The van der Waals surface area contributed by atoms with Crippen LogP contribution in [0.3, 0.4) is 0 Å². The maximum Gasteiger partial charge on any atom is 0.289 e. The summed E-state index contributed by atoms with van der Waals surface area (Å²) in [6.07, 6.45) is -2.75. The first-order valence-corrected chi connectivity index (χ1v) is 9.30. The summed E-state index contributed by atoms with van der Waals surface area (Å²) in [5.74, 6) is -0.452. The zero-order valence-corrected chi connectivity index (χ0v) is 14.1.